The number of hydrogen-bond donors (Lipinski definition) is 1. The lowest BCUT2D eigenvalue weighted by atomic mass is 10.0. The van der Waals surface area contributed by atoms with Gasteiger partial charge in [0, 0.05) is 15.1 Å². The van der Waals surface area contributed by atoms with E-state index in [2.05, 4.69) is 21.2 Å². The van der Waals surface area contributed by atoms with Crippen LogP contribution in [0.25, 0.3) is 16.8 Å². The number of fused-ring (bicyclic) bond motifs is 1. The highest BCUT2D eigenvalue weighted by atomic mass is 79.9. The Bertz CT molecular complexity index is 1610. The first kappa shape index (κ1) is 24.7. The molecule has 0 atom stereocenters. The first-order valence-electron chi connectivity index (χ1n) is 11.4. The molecule has 4 aromatic carbocycles. The van der Waals surface area contributed by atoms with E-state index in [9.17, 15) is 14.4 Å². The first-order chi connectivity index (χ1) is 17.8. The molecule has 8 heteroatoms. The van der Waals surface area contributed by atoms with Gasteiger partial charge in [-0.3, -0.25) is 14.9 Å². The summed E-state index contributed by atoms with van der Waals surface area (Å²) in [5, 5.41) is 4.82. The van der Waals surface area contributed by atoms with E-state index in [1.807, 2.05) is 55.5 Å². The van der Waals surface area contributed by atoms with Crippen molar-refractivity contribution in [2.45, 2.75) is 13.5 Å². The normalized spacial score (nSPS) is 14.8. The maximum atomic E-state index is 13.3. The van der Waals surface area contributed by atoms with Gasteiger partial charge in [0.25, 0.3) is 11.8 Å². The quantitative estimate of drug-likeness (QED) is 0.210. The summed E-state index contributed by atoms with van der Waals surface area (Å²) in [6.07, 6.45) is 1.43. The molecule has 1 fully saturated rings. The molecule has 1 saturated heterocycles. The number of imide groups is 2. The highest BCUT2D eigenvalue weighted by Crippen LogP contribution is 2.30. The van der Waals surface area contributed by atoms with Gasteiger partial charge < -0.3 is 4.74 Å². The van der Waals surface area contributed by atoms with Gasteiger partial charge in [-0.05, 0) is 65.2 Å². The van der Waals surface area contributed by atoms with Crippen LogP contribution in [0, 0.1) is 6.92 Å². The van der Waals surface area contributed by atoms with E-state index >= 15 is 0 Å². The fourth-order valence-electron chi connectivity index (χ4n) is 4.11. The number of amides is 4. The molecule has 5 rings (SSSR count). The van der Waals surface area contributed by atoms with Gasteiger partial charge in [0.05, 0.1) is 5.69 Å². The van der Waals surface area contributed by atoms with Crippen molar-refractivity contribution in [3.63, 3.8) is 0 Å². The topological polar surface area (TPSA) is 75.7 Å². The van der Waals surface area contributed by atoms with E-state index in [1.54, 1.807) is 24.3 Å². The van der Waals surface area contributed by atoms with Crippen LogP contribution in [0.2, 0.25) is 5.02 Å². The van der Waals surface area contributed by atoms with Crippen molar-refractivity contribution in [2.75, 3.05) is 4.90 Å². The van der Waals surface area contributed by atoms with E-state index in [-0.39, 0.29) is 17.9 Å². The van der Waals surface area contributed by atoms with Crippen LogP contribution >= 0.6 is 27.5 Å². The summed E-state index contributed by atoms with van der Waals surface area (Å²) in [5.41, 5.74) is 2.36. The zero-order valence-corrected chi connectivity index (χ0v) is 22.0. The number of nitrogens with one attached hydrogen (secondary N) is 1. The third-order valence-corrected chi connectivity index (χ3v) is 6.95. The third kappa shape index (κ3) is 5.01. The van der Waals surface area contributed by atoms with Crippen molar-refractivity contribution in [2.24, 2.45) is 0 Å². The van der Waals surface area contributed by atoms with Crippen molar-refractivity contribution in [1.82, 2.24) is 5.32 Å². The molecule has 1 N–H and O–H groups in total. The monoisotopic (exact) mass is 574 g/mol. The molecule has 6 nitrogen and oxygen atoms in total. The second kappa shape index (κ2) is 10.2. The summed E-state index contributed by atoms with van der Waals surface area (Å²) in [5.74, 6) is -1.07. The third-order valence-electron chi connectivity index (χ3n) is 6.05. The number of barbiturate groups is 1. The molecule has 4 amide bonds. The number of carbonyl (C=O) groups is 3. The Kier molecular flexibility index (Phi) is 6.82. The summed E-state index contributed by atoms with van der Waals surface area (Å²) in [7, 11) is 0. The van der Waals surface area contributed by atoms with Gasteiger partial charge in [-0.25, -0.2) is 9.69 Å². The number of halogens is 2. The van der Waals surface area contributed by atoms with Gasteiger partial charge >= 0.3 is 6.03 Å². The molecule has 0 bridgehead atoms. The van der Waals surface area contributed by atoms with Gasteiger partial charge in [0.2, 0.25) is 0 Å². The van der Waals surface area contributed by atoms with Crippen molar-refractivity contribution in [1.29, 1.82) is 0 Å². The van der Waals surface area contributed by atoms with Gasteiger partial charge in [-0.15, -0.1) is 0 Å². The van der Waals surface area contributed by atoms with Crippen molar-refractivity contribution in [3.8, 4) is 5.75 Å². The van der Waals surface area contributed by atoms with Crippen LogP contribution in [0.15, 0.2) is 88.9 Å². The molecular formula is C29H20BrClN2O4. The molecule has 1 heterocycles. The van der Waals surface area contributed by atoms with Crippen LogP contribution in [0.3, 0.4) is 0 Å². The zero-order chi connectivity index (χ0) is 26.1. The number of rotatable bonds is 5. The summed E-state index contributed by atoms with van der Waals surface area (Å²) in [4.78, 5) is 39.5. The van der Waals surface area contributed by atoms with Gasteiger partial charge in [0.1, 0.15) is 17.9 Å². The Morgan fingerprint density at radius 2 is 1.76 bits per heavy atom. The average Bonchev–Trinajstić information content (AvgIpc) is 2.88. The van der Waals surface area contributed by atoms with Crippen LogP contribution in [-0.4, -0.2) is 17.8 Å². The van der Waals surface area contributed by atoms with Crippen LogP contribution in [0.1, 0.15) is 16.7 Å². The van der Waals surface area contributed by atoms with Crippen molar-refractivity contribution >= 4 is 67.9 Å². The first-order valence-corrected chi connectivity index (χ1v) is 12.6. The zero-order valence-electron chi connectivity index (χ0n) is 19.6. The van der Waals surface area contributed by atoms with Gasteiger partial charge in [0.15, 0.2) is 0 Å². The van der Waals surface area contributed by atoms with Crippen LogP contribution < -0.4 is 15.0 Å². The SMILES string of the molecule is Cc1ccc(N2C(=O)NC(=O)/C(=C/c3cc(Br)ccc3OCc3cccc4ccccc34)C2=O)cc1Cl. The largest absolute Gasteiger partial charge is 0.488 e. The van der Waals surface area contributed by atoms with Gasteiger partial charge in [-0.2, -0.15) is 0 Å². The molecule has 4 aromatic rings. The summed E-state index contributed by atoms with van der Waals surface area (Å²) in [6, 6.07) is 23.3. The van der Waals surface area contributed by atoms with Crippen LogP contribution in [0.5, 0.6) is 5.75 Å². The van der Waals surface area contributed by atoms with Gasteiger partial charge in [-0.1, -0.05) is 76.1 Å². The number of urea groups is 1. The lowest BCUT2D eigenvalue weighted by Gasteiger charge is -2.26. The molecule has 37 heavy (non-hydrogen) atoms. The van der Waals surface area contributed by atoms with Crippen LogP contribution in [-0.2, 0) is 16.2 Å². The second-order valence-electron chi connectivity index (χ2n) is 8.50. The van der Waals surface area contributed by atoms with E-state index in [4.69, 9.17) is 16.3 Å². The fourth-order valence-corrected chi connectivity index (χ4v) is 4.66. The molecule has 1 aliphatic rings. The van der Waals surface area contributed by atoms with E-state index in [0.717, 1.165) is 31.3 Å². The number of anilines is 1. The Morgan fingerprint density at radius 3 is 2.57 bits per heavy atom. The van der Waals surface area contributed by atoms with Crippen molar-refractivity contribution < 1.29 is 19.1 Å². The Balaban J connectivity index is 1.49. The minimum atomic E-state index is -0.839. The highest BCUT2D eigenvalue weighted by molar-refractivity contribution is 9.10. The number of ether oxygens (including phenoxy) is 1. The maximum absolute atomic E-state index is 13.3. The Hall–Kier alpha value is -3.94. The molecule has 0 aliphatic carbocycles. The average molecular weight is 576 g/mol. The fraction of sp³-hybridized carbons (Fsp3) is 0.0690. The molecule has 0 radical (unpaired) electrons. The molecule has 184 valence electrons. The summed E-state index contributed by atoms with van der Waals surface area (Å²) in [6.45, 7) is 2.10. The Morgan fingerprint density at radius 1 is 0.973 bits per heavy atom. The maximum Gasteiger partial charge on any atom is 0.335 e. The summed E-state index contributed by atoms with van der Waals surface area (Å²) >= 11 is 9.65. The molecule has 0 saturated carbocycles. The highest BCUT2D eigenvalue weighted by Gasteiger charge is 2.37. The smallest absolute Gasteiger partial charge is 0.335 e. The molecule has 1 aliphatic heterocycles. The number of carbonyl (C=O) groups excluding carboxylic acids is 3. The molecule has 0 unspecified atom stereocenters. The minimum Gasteiger partial charge on any atom is -0.488 e. The second-order valence-corrected chi connectivity index (χ2v) is 9.82. The molecular weight excluding hydrogens is 556 g/mol. The van der Waals surface area contributed by atoms with Crippen LogP contribution in [0.4, 0.5) is 10.5 Å². The predicted octanol–water partition coefficient (Wildman–Crippen LogP) is 6.81. The number of aryl methyl sites for hydroxylation is 1. The minimum absolute atomic E-state index is 0.204. The van der Waals surface area contributed by atoms with Crippen molar-refractivity contribution in [3.05, 3.63) is 111 Å². The number of benzene rings is 4. The standard InChI is InChI=1S/C29H20BrClN2O4/c1-17-9-11-22(15-25(17)31)33-28(35)24(27(34)32-29(33)36)14-20-13-21(30)10-12-26(20)37-16-19-7-4-6-18-5-2-3-8-23(18)19/h2-15H,16H2,1H3,(H,32,34,36)/b24-14-. The van der Waals surface area contributed by atoms with E-state index in [0.29, 0.717) is 16.3 Å². The van der Waals surface area contributed by atoms with E-state index in [1.165, 1.54) is 12.1 Å². The lowest BCUT2D eigenvalue weighted by Crippen LogP contribution is -2.54. The molecule has 0 spiro atoms. The predicted molar refractivity (Wildman–Crippen MR) is 148 cm³/mol. The number of hydrogen-bond acceptors (Lipinski definition) is 4. The van der Waals surface area contributed by atoms with E-state index < -0.39 is 17.8 Å². The number of nitrogens with zero attached hydrogens (tertiary/aromatic N) is 1. The summed E-state index contributed by atoms with van der Waals surface area (Å²) < 4.78 is 6.89. The molecule has 0 aromatic heterocycles. The lowest BCUT2D eigenvalue weighted by molar-refractivity contribution is -0.122. The Labute approximate surface area is 226 Å².